The van der Waals surface area contributed by atoms with Gasteiger partial charge >= 0.3 is 5.97 Å². The zero-order valence-corrected chi connectivity index (χ0v) is 10.5. The van der Waals surface area contributed by atoms with Crippen molar-refractivity contribution >= 4 is 28.2 Å². The van der Waals surface area contributed by atoms with Gasteiger partial charge in [0.25, 0.3) is 0 Å². The molecule has 0 spiro atoms. The van der Waals surface area contributed by atoms with Crippen molar-refractivity contribution in [2.24, 2.45) is 0 Å². The first kappa shape index (κ1) is 11.9. The number of carboxylic acid groups (broad SMARTS) is 1. The van der Waals surface area contributed by atoms with E-state index in [4.69, 9.17) is 5.11 Å². The SMILES string of the molecule is O=C(O)c1nc(Cn2ccc3ccc(F)cc32)cs1. The Morgan fingerprint density at radius 3 is 3.00 bits per heavy atom. The molecule has 0 saturated heterocycles. The van der Waals surface area contributed by atoms with Crippen LogP contribution in [0.5, 0.6) is 0 Å². The number of aromatic nitrogens is 2. The number of halogens is 1. The van der Waals surface area contributed by atoms with Crippen LogP contribution >= 0.6 is 11.3 Å². The van der Waals surface area contributed by atoms with Crippen LogP contribution in [0.1, 0.15) is 15.5 Å². The summed E-state index contributed by atoms with van der Waals surface area (Å²) in [6, 6.07) is 6.47. The summed E-state index contributed by atoms with van der Waals surface area (Å²) in [4.78, 5) is 14.8. The van der Waals surface area contributed by atoms with Crippen LogP contribution in [0.15, 0.2) is 35.8 Å². The second kappa shape index (κ2) is 4.47. The van der Waals surface area contributed by atoms with Crippen LogP contribution in [0.2, 0.25) is 0 Å². The molecule has 0 aliphatic carbocycles. The van der Waals surface area contributed by atoms with E-state index in [1.165, 1.54) is 12.1 Å². The van der Waals surface area contributed by atoms with Crippen molar-refractivity contribution in [2.45, 2.75) is 6.54 Å². The summed E-state index contributed by atoms with van der Waals surface area (Å²) in [7, 11) is 0. The lowest BCUT2D eigenvalue weighted by Crippen LogP contribution is -2.00. The number of aromatic carboxylic acids is 1. The van der Waals surface area contributed by atoms with Gasteiger partial charge in [-0.05, 0) is 29.7 Å². The van der Waals surface area contributed by atoms with E-state index in [0.717, 1.165) is 22.2 Å². The van der Waals surface area contributed by atoms with Gasteiger partial charge in [-0.3, -0.25) is 0 Å². The third-order valence-corrected chi connectivity index (χ3v) is 3.68. The van der Waals surface area contributed by atoms with E-state index in [9.17, 15) is 9.18 Å². The van der Waals surface area contributed by atoms with Crippen LogP contribution < -0.4 is 0 Å². The van der Waals surface area contributed by atoms with Crippen molar-refractivity contribution in [3.05, 3.63) is 52.4 Å². The molecule has 96 valence electrons. The molecule has 0 unspecified atom stereocenters. The molecule has 0 fully saturated rings. The summed E-state index contributed by atoms with van der Waals surface area (Å²) in [6.07, 6.45) is 1.84. The minimum atomic E-state index is -1.03. The Hall–Kier alpha value is -2.21. The topological polar surface area (TPSA) is 55.1 Å². The molecule has 1 aromatic carbocycles. The fourth-order valence-electron chi connectivity index (χ4n) is 1.95. The molecule has 0 bridgehead atoms. The van der Waals surface area contributed by atoms with Crippen molar-refractivity contribution in [3.8, 4) is 0 Å². The molecule has 6 heteroatoms. The number of benzene rings is 1. The second-order valence-corrected chi connectivity index (χ2v) is 4.95. The first-order chi connectivity index (χ1) is 9.13. The van der Waals surface area contributed by atoms with Gasteiger partial charge in [0.15, 0.2) is 0 Å². The molecule has 0 saturated carbocycles. The summed E-state index contributed by atoms with van der Waals surface area (Å²) in [5.74, 6) is -1.32. The highest BCUT2D eigenvalue weighted by molar-refractivity contribution is 7.11. The lowest BCUT2D eigenvalue weighted by molar-refractivity contribution is 0.0696. The maximum atomic E-state index is 13.2. The van der Waals surface area contributed by atoms with Gasteiger partial charge in [-0.2, -0.15) is 0 Å². The van der Waals surface area contributed by atoms with Gasteiger partial charge in [0, 0.05) is 11.6 Å². The predicted octanol–water partition coefficient (Wildman–Crippen LogP) is 2.98. The van der Waals surface area contributed by atoms with Crippen molar-refractivity contribution in [2.75, 3.05) is 0 Å². The number of nitrogens with zero attached hydrogens (tertiary/aromatic N) is 2. The van der Waals surface area contributed by atoms with E-state index in [1.54, 1.807) is 11.4 Å². The first-order valence-corrected chi connectivity index (χ1v) is 6.43. The second-order valence-electron chi connectivity index (χ2n) is 4.10. The summed E-state index contributed by atoms with van der Waals surface area (Å²) < 4.78 is 15.1. The Kier molecular flexibility index (Phi) is 2.79. The summed E-state index contributed by atoms with van der Waals surface area (Å²) in [5, 5.41) is 11.5. The monoisotopic (exact) mass is 276 g/mol. The van der Waals surface area contributed by atoms with Gasteiger partial charge in [0.1, 0.15) is 5.82 Å². The lowest BCUT2D eigenvalue weighted by atomic mass is 10.2. The molecule has 0 aliphatic rings. The molecule has 0 atom stereocenters. The Bertz CT molecular complexity index is 763. The summed E-state index contributed by atoms with van der Waals surface area (Å²) in [6.45, 7) is 0.427. The average molecular weight is 276 g/mol. The molecular weight excluding hydrogens is 267 g/mol. The van der Waals surface area contributed by atoms with E-state index in [1.807, 2.05) is 16.8 Å². The van der Waals surface area contributed by atoms with Gasteiger partial charge in [-0.15, -0.1) is 11.3 Å². The number of hydrogen-bond donors (Lipinski definition) is 1. The number of rotatable bonds is 3. The van der Waals surface area contributed by atoms with Crippen molar-refractivity contribution in [1.29, 1.82) is 0 Å². The van der Waals surface area contributed by atoms with Crippen molar-refractivity contribution in [3.63, 3.8) is 0 Å². The fraction of sp³-hybridized carbons (Fsp3) is 0.0769. The van der Waals surface area contributed by atoms with Crippen molar-refractivity contribution < 1.29 is 14.3 Å². The number of thiazole rings is 1. The van der Waals surface area contributed by atoms with Crippen LogP contribution in [-0.4, -0.2) is 20.6 Å². The van der Waals surface area contributed by atoms with Gasteiger partial charge in [-0.25, -0.2) is 14.2 Å². The number of fused-ring (bicyclic) bond motifs is 1. The maximum Gasteiger partial charge on any atom is 0.365 e. The van der Waals surface area contributed by atoms with Gasteiger partial charge < -0.3 is 9.67 Å². The third-order valence-electron chi connectivity index (χ3n) is 2.80. The van der Waals surface area contributed by atoms with Crippen molar-refractivity contribution in [1.82, 2.24) is 9.55 Å². The smallest absolute Gasteiger partial charge is 0.365 e. The number of hydrogen-bond acceptors (Lipinski definition) is 3. The molecule has 2 heterocycles. The zero-order chi connectivity index (χ0) is 13.4. The predicted molar refractivity (Wildman–Crippen MR) is 70.1 cm³/mol. The van der Waals surface area contributed by atoms with Crippen LogP contribution in [0, 0.1) is 5.82 Å². The molecule has 4 nitrogen and oxygen atoms in total. The number of carboxylic acids is 1. The maximum absolute atomic E-state index is 13.2. The molecule has 2 aromatic heterocycles. The summed E-state index contributed by atoms with van der Waals surface area (Å²) in [5.41, 5.74) is 1.43. The highest BCUT2D eigenvalue weighted by Gasteiger charge is 2.10. The van der Waals surface area contributed by atoms with E-state index >= 15 is 0 Å². The van der Waals surface area contributed by atoms with E-state index in [-0.39, 0.29) is 10.8 Å². The van der Waals surface area contributed by atoms with Crippen LogP contribution in [-0.2, 0) is 6.54 Å². The van der Waals surface area contributed by atoms with Crippen LogP contribution in [0.4, 0.5) is 4.39 Å². The molecule has 0 radical (unpaired) electrons. The molecule has 3 aromatic rings. The highest BCUT2D eigenvalue weighted by Crippen LogP contribution is 2.19. The average Bonchev–Trinajstić information content (AvgIpc) is 2.98. The fourth-order valence-corrected chi connectivity index (χ4v) is 2.59. The summed E-state index contributed by atoms with van der Waals surface area (Å²) >= 11 is 1.09. The minimum absolute atomic E-state index is 0.0673. The lowest BCUT2D eigenvalue weighted by Gasteiger charge is -2.02. The zero-order valence-electron chi connectivity index (χ0n) is 9.71. The molecule has 0 amide bonds. The largest absolute Gasteiger partial charge is 0.476 e. The van der Waals surface area contributed by atoms with E-state index in [0.29, 0.717) is 12.2 Å². The first-order valence-electron chi connectivity index (χ1n) is 5.55. The van der Waals surface area contributed by atoms with E-state index < -0.39 is 5.97 Å². The molecule has 19 heavy (non-hydrogen) atoms. The Balaban J connectivity index is 1.96. The van der Waals surface area contributed by atoms with Crippen LogP contribution in [0.25, 0.3) is 10.9 Å². The minimum Gasteiger partial charge on any atom is -0.476 e. The van der Waals surface area contributed by atoms with Gasteiger partial charge in [0.05, 0.1) is 17.8 Å². The van der Waals surface area contributed by atoms with E-state index in [2.05, 4.69) is 4.98 Å². The quantitative estimate of drug-likeness (QED) is 0.800. The molecule has 3 rings (SSSR count). The molecule has 1 N–H and O–H groups in total. The molecule has 0 aliphatic heterocycles. The standard InChI is InChI=1S/C13H9FN2O2S/c14-9-2-1-8-3-4-16(11(8)5-9)6-10-7-19-12(15-10)13(17)18/h1-5,7H,6H2,(H,17,18). The Labute approximate surface area is 111 Å². The van der Waals surface area contributed by atoms with Gasteiger partial charge in [-0.1, -0.05) is 0 Å². The molecular formula is C13H9FN2O2S. The Morgan fingerprint density at radius 1 is 1.42 bits per heavy atom. The number of carbonyl (C=O) groups is 1. The third kappa shape index (κ3) is 2.22. The highest BCUT2D eigenvalue weighted by atomic mass is 32.1. The van der Waals surface area contributed by atoms with Gasteiger partial charge in [0.2, 0.25) is 5.01 Å². The van der Waals surface area contributed by atoms with Crippen LogP contribution in [0.3, 0.4) is 0 Å². The normalized spacial score (nSPS) is 11.0. The Morgan fingerprint density at radius 2 is 2.26 bits per heavy atom.